The summed E-state index contributed by atoms with van der Waals surface area (Å²) in [5.41, 5.74) is 3.44. The molecule has 1 N–H and O–H groups in total. The van der Waals surface area contributed by atoms with Crippen molar-refractivity contribution < 1.29 is 23.5 Å². The summed E-state index contributed by atoms with van der Waals surface area (Å²) in [4.78, 5) is 33.7. The summed E-state index contributed by atoms with van der Waals surface area (Å²) in [6.45, 7) is 1.52. The molecule has 3 aromatic carbocycles. The number of nitrogens with zero attached hydrogens (tertiary/aromatic N) is 2. The zero-order chi connectivity index (χ0) is 27.6. The van der Waals surface area contributed by atoms with Gasteiger partial charge in [-0.1, -0.05) is 30.3 Å². The lowest BCUT2D eigenvalue weighted by molar-refractivity contribution is -0.132. The van der Waals surface area contributed by atoms with Gasteiger partial charge in [-0.15, -0.1) is 0 Å². The van der Waals surface area contributed by atoms with Gasteiger partial charge in [0.2, 0.25) is 5.91 Å². The lowest BCUT2D eigenvalue weighted by Gasteiger charge is -2.28. The highest BCUT2D eigenvalue weighted by atomic mass is 19.1. The van der Waals surface area contributed by atoms with Crippen molar-refractivity contribution in [2.75, 3.05) is 40.5 Å². The molecule has 0 bridgehead atoms. The van der Waals surface area contributed by atoms with Crippen LogP contribution in [0.2, 0.25) is 0 Å². The number of aromatic amines is 1. The highest BCUT2D eigenvalue weighted by Gasteiger charge is 2.23. The molecule has 0 saturated carbocycles. The van der Waals surface area contributed by atoms with Crippen LogP contribution in [0, 0.1) is 5.82 Å². The molecular formula is C31H34FN3O4. The van der Waals surface area contributed by atoms with Crippen LogP contribution >= 0.6 is 0 Å². The number of aromatic nitrogens is 1. The van der Waals surface area contributed by atoms with E-state index in [2.05, 4.69) is 11.1 Å². The highest BCUT2D eigenvalue weighted by molar-refractivity contribution is 5.96. The van der Waals surface area contributed by atoms with Gasteiger partial charge in [0.1, 0.15) is 18.1 Å². The standard InChI is InChI=1S/C31H34FN3O4/c1-38-19-5-17-35(31(37)24-10-14-27(39-2)15-11-24)22-30(36)34(21-23-8-12-26(32)13-9-23)18-16-25-20-33-29-7-4-3-6-28(25)29/h3-4,6-15,20,33H,5,16-19,21-22H2,1-2H3. The summed E-state index contributed by atoms with van der Waals surface area (Å²) in [6.07, 6.45) is 3.20. The number of amides is 2. The Bertz CT molecular complexity index is 1370. The van der Waals surface area contributed by atoms with Crippen molar-refractivity contribution in [1.82, 2.24) is 14.8 Å². The number of rotatable bonds is 13. The number of methoxy groups -OCH3 is 2. The topological polar surface area (TPSA) is 74.9 Å². The number of H-pyrrole nitrogens is 1. The zero-order valence-corrected chi connectivity index (χ0v) is 22.4. The second-order valence-corrected chi connectivity index (χ2v) is 9.35. The third-order valence-electron chi connectivity index (χ3n) is 6.69. The molecule has 1 aromatic heterocycles. The number of hydrogen-bond acceptors (Lipinski definition) is 4. The van der Waals surface area contributed by atoms with Gasteiger partial charge in [-0.05, 0) is 66.4 Å². The first-order valence-electron chi connectivity index (χ1n) is 13.0. The van der Waals surface area contributed by atoms with Gasteiger partial charge >= 0.3 is 0 Å². The fourth-order valence-electron chi connectivity index (χ4n) is 4.53. The maximum absolute atomic E-state index is 13.7. The van der Waals surface area contributed by atoms with Gasteiger partial charge in [0, 0.05) is 56.0 Å². The molecule has 2 amide bonds. The number of carbonyl (C=O) groups excluding carboxylic acids is 2. The molecule has 204 valence electrons. The van der Waals surface area contributed by atoms with Crippen LogP contribution in [-0.4, -0.2) is 67.1 Å². The molecule has 0 aliphatic rings. The van der Waals surface area contributed by atoms with Crippen LogP contribution < -0.4 is 4.74 Å². The molecule has 0 aliphatic heterocycles. The van der Waals surface area contributed by atoms with E-state index in [-0.39, 0.29) is 24.2 Å². The Morgan fingerprint density at radius 3 is 2.36 bits per heavy atom. The second-order valence-electron chi connectivity index (χ2n) is 9.35. The number of ether oxygens (including phenoxy) is 2. The van der Waals surface area contributed by atoms with E-state index in [1.807, 2.05) is 24.4 Å². The second kappa shape index (κ2) is 13.6. The molecule has 0 spiro atoms. The van der Waals surface area contributed by atoms with E-state index < -0.39 is 0 Å². The molecule has 39 heavy (non-hydrogen) atoms. The molecule has 4 rings (SSSR count). The quantitative estimate of drug-likeness (QED) is 0.245. The van der Waals surface area contributed by atoms with E-state index in [0.29, 0.717) is 50.4 Å². The fraction of sp³-hybridized carbons (Fsp3) is 0.290. The molecule has 0 atom stereocenters. The first-order chi connectivity index (χ1) is 19.0. The Kier molecular flexibility index (Phi) is 9.69. The van der Waals surface area contributed by atoms with Crippen molar-refractivity contribution in [3.63, 3.8) is 0 Å². The van der Waals surface area contributed by atoms with Gasteiger partial charge in [0.05, 0.1) is 7.11 Å². The van der Waals surface area contributed by atoms with E-state index in [1.54, 1.807) is 60.4 Å². The predicted octanol–water partition coefficient (Wildman–Crippen LogP) is 5.07. The minimum Gasteiger partial charge on any atom is -0.497 e. The van der Waals surface area contributed by atoms with Crippen molar-refractivity contribution >= 4 is 22.7 Å². The average Bonchev–Trinajstić information content (AvgIpc) is 3.38. The van der Waals surface area contributed by atoms with Crippen LogP contribution in [0.5, 0.6) is 5.75 Å². The summed E-state index contributed by atoms with van der Waals surface area (Å²) in [5, 5.41) is 1.11. The molecule has 0 unspecified atom stereocenters. The molecule has 0 fully saturated rings. The van der Waals surface area contributed by atoms with Crippen LogP contribution in [0.25, 0.3) is 10.9 Å². The summed E-state index contributed by atoms with van der Waals surface area (Å²) in [5.74, 6) is -0.0972. The third-order valence-corrected chi connectivity index (χ3v) is 6.69. The SMILES string of the molecule is COCCCN(CC(=O)N(CCc1c[nH]c2ccccc12)Cc1ccc(F)cc1)C(=O)c1ccc(OC)cc1. The first-order valence-corrected chi connectivity index (χ1v) is 13.0. The maximum Gasteiger partial charge on any atom is 0.254 e. The van der Waals surface area contributed by atoms with Crippen LogP contribution in [0.15, 0.2) is 79.0 Å². The lowest BCUT2D eigenvalue weighted by atomic mass is 10.1. The molecule has 0 aliphatic carbocycles. The zero-order valence-electron chi connectivity index (χ0n) is 22.4. The van der Waals surface area contributed by atoms with Crippen molar-refractivity contribution in [2.24, 2.45) is 0 Å². The summed E-state index contributed by atoms with van der Waals surface area (Å²) in [6, 6.07) is 21.0. The lowest BCUT2D eigenvalue weighted by Crippen LogP contribution is -2.44. The number of benzene rings is 3. The van der Waals surface area contributed by atoms with Gasteiger partial charge in [0.25, 0.3) is 5.91 Å². The van der Waals surface area contributed by atoms with Crippen molar-refractivity contribution in [3.8, 4) is 5.75 Å². The fourth-order valence-corrected chi connectivity index (χ4v) is 4.53. The van der Waals surface area contributed by atoms with E-state index in [1.165, 1.54) is 12.1 Å². The summed E-state index contributed by atoms with van der Waals surface area (Å²) in [7, 11) is 3.18. The van der Waals surface area contributed by atoms with Gasteiger partial charge in [-0.25, -0.2) is 4.39 Å². The minimum absolute atomic E-state index is 0.0797. The van der Waals surface area contributed by atoms with Gasteiger partial charge in [0.15, 0.2) is 0 Å². The minimum atomic E-state index is -0.329. The Morgan fingerprint density at radius 1 is 0.897 bits per heavy atom. The smallest absolute Gasteiger partial charge is 0.254 e. The highest BCUT2D eigenvalue weighted by Crippen LogP contribution is 2.19. The van der Waals surface area contributed by atoms with Crippen molar-refractivity contribution in [3.05, 3.63) is 102 Å². The Balaban J connectivity index is 1.53. The van der Waals surface area contributed by atoms with Gasteiger partial charge in [-0.2, -0.15) is 0 Å². The Labute approximate surface area is 228 Å². The number of para-hydroxylation sites is 1. The number of carbonyl (C=O) groups is 2. The average molecular weight is 532 g/mol. The third kappa shape index (κ3) is 7.45. The monoisotopic (exact) mass is 531 g/mol. The van der Waals surface area contributed by atoms with E-state index >= 15 is 0 Å². The molecule has 4 aromatic rings. The first kappa shape index (κ1) is 27.9. The van der Waals surface area contributed by atoms with E-state index in [0.717, 1.165) is 22.0 Å². The van der Waals surface area contributed by atoms with Gasteiger partial charge in [-0.3, -0.25) is 9.59 Å². The molecule has 1 heterocycles. The summed E-state index contributed by atoms with van der Waals surface area (Å²) >= 11 is 0. The van der Waals surface area contributed by atoms with Crippen LogP contribution in [0.4, 0.5) is 4.39 Å². The van der Waals surface area contributed by atoms with Crippen molar-refractivity contribution in [2.45, 2.75) is 19.4 Å². The Hall–Kier alpha value is -4.17. The van der Waals surface area contributed by atoms with Crippen LogP contribution in [0.1, 0.15) is 27.9 Å². The molecule has 7 nitrogen and oxygen atoms in total. The normalized spacial score (nSPS) is 10.9. The number of nitrogens with one attached hydrogen (secondary N) is 1. The van der Waals surface area contributed by atoms with Crippen molar-refractivity contribution in [1.29, 1.82) is 0 Å². The predicted molar refractivity (Wildman–Crippen MR) is 149 cm³/mol. The summed E-state index contributed by atoms with van der Waals surface area (Å²) < 4.78 is 23.9. The van der Waals surface area contributed by atoms with Crippen LogP contribution in [-0.2, 0) is 22.5 Å². The van der Waals surface area contributed by atoms with E-state index in [4.69, 9.17) is 9.47 Å². The number of halogens is 1. The maximum atomic E-state index is 13.7. The molecule has 0 radical (unpaired) electrons. The van der Waals surface area contributed by atoms with Gasteiger partial charge < -0.3 is 24.3 Å². The molecular weight excluding hydrogens is 497 g/mol. The number of fused-ring (bicyclic) bond motifs is 1. The molecule has 0 saturated heterocycles. The Morgan fingerprint density at radius 2 is 1.64 bits per heavy atom. The largest absolute Gasteiger partial charge is 0.497 e. The number of hydrogen-bond donors (Lipinski definition) is 1. The van der Waals surface area contributed by atoms with E-state index in [9.17, 15) is 14.0 Å². The molecule has 8 heteroatoms. The van der Waals surface area contributed by atoms with Crippen LogP contribution in [0.3, 0.4) is 0 Å².